The molecule has 0 radical (unpaired) electrons. The van der Waals surface area contributed by atoms with E-state index < -0.39 is 0 Å². The Labute approximate surface area is 79.6 Å². The molecule has 0 aliphatic heterocycles. The van der Waals surface area contributed by atoms with Crippen LogP contribution in [0.1, 0.15) is 0 Å². The molecule has 2 nitrogen and oxygen atoms in total. The Kier molecular flexibility index (Phi) is 8.53. The van der Waals surface area contributed by atoms with Gasteiger partial charge in [-0.15, -0.1) is 0 Å². The van der Waals surface area contributed by atoms with Gasteiger partial charge in [-0.05, 0) is 6.07 Å². The molecular weight excluding hydrogens is 339 g/mol. The molecule has 0 fully saturated rings. The van der Waals surface area contributed by atoms with Crippen LogP contribution < -0.4 is 12.4 Å². The minimum Gasteiger partial charge on any atom is -1.00 e. The van der Waals surface area contributed by atoms with E-state index >= 15 is 0 Å². The Bertz CT molecular complexity index is 148. The average molecular weight is 342 g/mol. The molecule has 0 aliphatic carbocycles. The first-order valence-corrected chi connectivity index (χ1v) is 2.24. The van der Waals surface area contributed by atoms with Gasteiger partial charge in [0.1, 0.15) is 0 Å². The zero-order valence-corrected chi connectivity index (χ0v) is 8.07. The fourth-order valence-electron chi connectivity index (χ4n) is 0.285. The van der Waals surface area contributed by atoms with E-state index in [0.717, 1.165) is 0 Å². The van der Waals surface area contributed by atoms with Crippen LogP contribution in [0.25, 0.3) is 0 Å². The summed E-state index contributed by atoms with van der Waals surface area (Å²) in [6, 6.07) is 1.73. The third-order valence-corrected chi connectivity index (χ3v) is 0.753. The molecule has 0 amide bonds. The van der Waals surface area contributed by atoms with Crippen LogP contribution in [-0.2, 0) is 33.7 Å². The normalized spacial score (nSPS) is 6.67. The van der Waals surface area contributed by atoms with Crippen molar-refractivity contribution in [3.05, 3.63) is 18.5 Å². The Hall–Kier alpha value is 0.278. The van der Waals surface area contributed by atoms with Crippen LogP contribution in [-0.4, -0.2) is 9.97 Å². The first kappa shape index (κ1) is 12.0. The molecule has 50 valence electrons. The minimum atomic E-state index is 0. The van der Waals surface area contributed by atoms with Gasteiger partial charge in [0.25, 0.3) is 0 Å². The topological polar surface area (TPSA) is 25.8 Å². The van der Waals surface area contributed by atoms with Gasteiger partial charge in [0, 0.05) is 17.6 Å². The SMILES string of the molecule is [Cl-].[Pt+4].[S-]c1ncccn1. The second kappa shape index (κ2) is 6.40. The standard InChI is InChI=1S/C4H4N2S.ClH.Pt/c7-4-5-2-1-3-6-4;;/h1-3H,(H,5,6,7);1H;/q;;+4/p-2. The predicted molar refractivity (Wildman–Crippen MR) is 27.7 cm³/mol. The number of hydrogen-bond acceptors (Lipinski definition) is 3. The molecule has 0 saturated carbocycles. The number of halogens is 1. The number of aromatic nitrogens is 2. The van der Waals surface area contributed by atoms with Crippen molar-refractivity contribution in [3.8, 4) is 0 Å². The van der Waals surface area contributed by atoms with Crippen LogP contribution in [0.3, 0.4) is 0 Å². The van der Waals surface area contributed by atoms with Gasteiger partial charge < -0.3 is 25.0 Å². The molecule has 5 heteroatoms. The zero-order valence-electron chi connectivity index (χ0n) is 4.23. The molecule has 1 rings (SSSR count). The first-order valence-electron chi connectivity index (χ1n) is 1.83. The van der Waals surface area contributed by atoms with Crippen molar-refractivity contribution >= 4 is 12.6 Å². The Balaban J connectivity index is 0. The van der Waals surface area contributed by atoms with E-state index in [1.807, 2.05) is 0 Å². The second-order valence-corrected chi connectivity index (χ2v) is 1.40. The van der Waals surface area contributed by atoms with Crippen LogP contribution in [0, 0.1) is 0 Å². The molecule has 0 spiro atoms. The summed E-state index contributed by atoms with van der Waals surface area (Å²) in [6.45, 7) is 0. The fraction of sp³-hybridized carbons (Fsp3) is 0. The fourth-order valence-corrected chi connectivity index (χ4v) is 0.407. The molecule has 0 unspecified atom stereocenters. The summed E-state index contributed by atoms with van der Waals surface area (Å²) in [6.07, 6.45) is 3.24. The van der Waals surface area contributed by atoms with E-state index in [1.165, 1.54) is 0 Å². The number of nitrogens with zero attached hydrogens (tertiary/aromatic N) is 2. The Morgan fingerprint density at radius 2 is 1.67 bits per heavy atom. The van der Waals surface area contributed by atoms with E-state index in [1.54, 1.807) is 18.5 Å². The van der Waals surface area contributed by atoms with E-state index in [0.29, 0.717) is 5.16 Å². The molecule has 0 bridgehead atoms. The molecule has 1 heterocycles. The van der Waals surface area contributed by atoms with Crippen LogP contribution in [0.2, 0.25) is 0 Å². The number of hydrogen-bond donors (Lipinski definition) is 0. The summed E-state index contributed by atoms with van der Waals surface area (Å²) in [7, 11) is 0. The molecule has 0 saturated heterocycles. The molecule has 0 atom stereocenters. The smallest absolute Gasteiger partial charge is 1.00 e. The first-order chi connectivity index (χ1) is 3.39. The summed E-state index contributed by atoms with van der Waals surface area (Å²) in [5, 5.41) is 0.405. The molecule has 9 heavy (non-hydrogen) atoms. The summed E-state index contributed by atoms with van der Waals surface area (Å²) in [4.78, 5) is 7.37. The Morgan fingerprint density at radius 1 is 1.22 bits per heavy atom. The van der Waals surface area contributed by atoms with Gasteiger partial charge in [0.05, 0.1) is 0 Å². The third kappa shape index (κ3) is 4.76. The van der Waals surface area contributed by atoms with Crippen LogP contribution in [0.4, 0.5) is 0 Å². The summed E-state index contributed by atoms with van der Waals surface area (Å²) in [5.41, 5.74) is 0. The third-order valence-electron chi connectivity index (χ3n) is 0.542. The molecule has 1 aromatic heterocycles. The molecule has 0 aromatic carbocycles. The quantitative estimate of drug-likeness (QED) is 0.382. The summed E-state index contributed by atoms with van der Waals surface area (Å²) in [5.74, 6) is 0. The largest absolute Gasteiger partial charge is 4.00 e. The maximum absolute atomic E-state index is 4.59. The summed E-state index contributed by atoms with van der Waals surface area (Å²) < 4.78 is 0. The van der Waals surface area contributed by atoms with Crippen molar-refractivity contribution < 1.29 is 33.5 Å². The van der Waals surface area contributed by atoms with Gasteiger partial charge in [0.2, 0.25) is 0 Å². The van der Waals surface area contributed by atoms with Crippen LogP contribution >= 0.6 is 0 Å². The molecule has 0 aliphatic rings. The Morgan fingerprint density at radius 3 is 1.89 bits per heavy atom. The van der Waals surface area contributed by atoms with Gasteiger partial charge >= 0.3 is 21.1 Å². The second-order valence-electron chi connectivity index (χ2n) is 1.03. The monoisotopic (exact) mass is 341 g/mol. The van der Waals surface area contributed by atoms with E-state index in [4.69, 9.17) is 0 Å². The van der Waals surface area contributed by atoms with Crippen molar-refractivity contribution in [1.29, 1.82) is 0 Å². The molecule has 0 N–H and O–H groups in total. The van der Waals surface area contributed by atoms with Crippen LogP contribution in [0.5, 0.6) is 0 Å². The van der Waals surface area contributed by atoms with Gasteiger partial charge in [-0.2, -0.15) is 0 Å². The minimum absolute atomic E-state index is 0. The van der Waals surface area contributed by atoms with Crippen molar-refractivity contribution in [1.82, 2.24) is 9.97 Å². The van der Waals surface area contributed by atoms with Crippen molar-refractivity contribution in [2.45, 2.75) is 5.16 Å². The molecule has 1 aromatic rings. The van der Waals surface area contributed by atoms with Gasteiger partial charge in [-0.3, -0.25) is 9.97 Å². The van der Waals surface area contributed by atoms with Crippen molar-refractivity contribution in [2.75, 3.05) is 0 Å². The maximum Gasteiger partial charge on any atom is 4.00 e. The predicted octanol–water partition coefficient (Wildman–Crippen LogP) is -2.62. The molecular formula is C4H3ClN2PtS+2. The van der Waals surface area contributed by atoms with E-state index in [-0.39, 0.29) is 33.5 Å². The average Bonchev–Trinajstić information content (AvgIpc) is 1.69. The zero-order chi connectivity index (χ0) is 5.11. The maximum atomic E-state index is 4.59. The van der Waals surface area contributed by atoms with Gasteiger partial charge in [-0.1, -0.05) is 0 Å². The van der Waals surface area contributed by atoms with Crippen LogP contribution in [0.15, 0.2) is 23.6 Å². The number of rotatable bonds is 0. The van der Waals surface area contributed by atoms with Crippen molar-refractivity contribution in [2.24, 2.45) is 0 Å². The van der Waals surface area contributed by atoms with E-state index in [2.05, 4.69) is 22.6 Å². The summed E-state index contributed by atoms with van der Waals surface area (Å²) >= 11 is 4.59. The van der Waals surface area contributed by atoms with Crippen molar-refractivity contribution in [3.63, 3.8) is 0 Å². The van der Waals surface area contributed by atoms with Gasteiger partial charge in [-0.25, -0.2) is 0 Å². The van der Waals surface area contributed by atoms with Gasteiger partial charge in [0.15, 0.2) is 0 Å². The van der Waals surface area contributed by atoms with E-state index in [9.17, 15) is 0 Å².